The summed E-state index contributed by atoms with van der Waals surface area (Å²) in [6.07, 6.45) is -5.63. The van der Waals surface area contributed by atoms with Crippen LogP contribution in [0.5, 0.6) is 0 Å². The zero-order chi connectivity index (χ0) is 18.3. The lowest BCUT2D eigenvalue weighted by atomic mass is 9.80. The standard InChI is InChI=1S/C18H16F3N3S/c1-8-9(2)24-18(23)14(15(19)17(20)21)13(8)12-7-25-16-10(6-22)4-3-5-11(12)16/h3-5,7,13,15,17,24H,23H2,1-2H3. The minimum Gasteiger partial charge on any atom is -0.385 e. The van der Waals surface area contributed by atoms with E-state index in [1.54, 1.807) is 31.4 Å². The molecule has 130 valence electrons. The fourth-order valence-electron chi connectivity index (χ4n) is 3.21. The van der Waals surface area contributed by atoms with E-state index < -0.39 is 18.5 Å². The highest BCUT2D eigenvalue weighted by molar-refractivity contribution is 7.17. The van der Waals surface area contributed by atoms with Crippen molar-refractivity contribution in [3.8, 4) is 6.07 Å². The molecule has 2 unspecified atom stereocenters. The van der Waals surface area contributed by atoms with Crippen molar-refractivity contribution in [3.63, 3.8) is 0 Å². The molecule has 0 bridgehead atoms. The van der Waals surface area contributed by atoms with Crippen molar-refractivity contribution in [2.45, 2.75) is 32.4 Å². The fraction of sp³-hybridized carbons (Fsp3) is 0.278. The van der Waals surface area contributed by atoms with Crippen LogP contribution in [0.25, 0.3) is 10.1 Å². The summed E-state index contributed by atoms with van der Waals surface area (Å²) < 4.78 is 41.3. The van der Waals surface area contributed by atoms with E-state index in [0.29, 0.717) is 16.8 Å². The molecule has 2 aromatic rings. The zero-order valence-corrected chi connectivity index (χ0v) is 14.4. The average Bonchev–Trinajstić information content (AvgIpc) is 3.00. The molecule has 3 rings (SSSR count). The van der Waals surface area contributed by atoms with Gasteiger partial charge in [0.1, 0.15) is 11.9 Å². The highest BCUT2D eigenvalue weighted by atomic mass is 32.1. The van der Waals surface area contributed by atoms with E-state index in [1.165, 1.54) is 11.3 Å². The van der Waals surface area contributed by atoms with Gasteiger partial charge >= 0.3 is 0 Å². The van der Waals surface area contributed by atoms with Gasteiger partial charge in [0.2, 0.25) is 0 Å². The third kappa shape index (κ3) is 2.76. The topological polar surface area (TPSA) is 61.8 Å². The number of nitrogens with one attached hydrogen (secondary N) is 1. The number of fused-ring (bicyclic) bond motifs is 1. The van der Waals surface area contributed by atoms with E-state index in [1.807, 2.05) is 6.07 Å². The second kappa shape index (κ2) is 6.45. The quantitative estimate of drug-likeness (QED) is 0.842. The lowest BCUT2D eigenvalue weighted by molar-refractivity contribution is 0.0657. The molecule has 0 aliphatic carbocycles. The Bertz CT molecular complexity index is 937. The Labute approximate surface area is 147 Å². The molecule has 1 aromatic heterocycles. The molecule has 25 heavy (non-hydrogen) atoms. The average molecular weight is 363 g/mol. The number of halogens is 3. The van der Waals surface area contributed by atoms with E-state index in [2.05, 4.69) is 11.4 Å². The summed E-state index contributed by atoms with van der Waals surface area (Å²) in [7, 11) is 0. The predicted molar refractivity (Wildman–Crippen MR) is 92.9 cm³/mol. The Hall–Kier alpha value is -2.46. The van der Waals surface area contributed by atoms with E-state index in [-0.39, 0.29) is 11.4 Å². The summed E-state index contributed by atoms with van der Waals surface area (Å²) >= 11 is 1.35. The van der Waals surface area contributed by atoms with Gasteiger partial charge in [-0.15, -0.1) is 11.3 Å². The maximum absolute atomic E-state index is 14.4. The number of dihydropyridines is 1. The summed E-state index contributed by atoms with van der Waals surface area (Å²) in [4.78, 5) is 0. The molecule has 0 fully saturated rings. The number of thiophene rings is 1. The maximum atomic E-state index is 14.4. The highest BCUT2D eigenvalue weighted by Gasteiger charge is 2.37. The zero-order valence-electron chi connectivity index (χ0n) is 13.6. The second-order valence-electron chi connectivity index (χ2n) is 5.96. The van der Waals surface area contributed by atoms with E-state index >= 15 is 0 Å². The molecule has 1 aliphatic rings. The third-order valence-electron chi connectivity index (χ3n) is 4.55. The molecule has 7 heteroatoms. The Kier molecular flexibility index (Phi) is 4.48. The summed E-state index contributed by atoms with van der Waals surface area (Å²) in [5.74, 6) is -0.760. The van der Waals surface area contributed by atoms with Crippen LogP contribution < -0.4 is 11.1 Å². The Balaban J connectivity index is 2.25. The number of benzene rings is 1. The number of rotatable bonds is 3. The summed E-state index contributed by atoms with van der Waals surface area (Å²) in [6, 6.07) is 7.37. The first-order valence-electron chi connectivity index (χ1n) is 7.63. The van der Waals surface area contributed by atoms with Crippen LogP contribution in [0.15, 0.2) is 46.2 Å². The summed E-state index contributed by atoms with van der Waals surface area (Å²) in [6.45, 7) is 3.55. The fourth-order valence-corrected chi connectivity index (χ4v) is 4.27. The lowest BCUT2D eigenvalue weighted by Crippen LogP contribution is -2.34. The number of nitrogens with two attached hydrogens (primary N) is 1. The highest BCUT2D eigenvalue weighted by Crippen LogP contribution is 2.45. The number of alkyl halides is 3. The molecule has 2 heterocycles. The van der Waals surface area contributed by atoms with Crippen molar-refractivity contribution < 1.29 is 13.2 Å². The molecular formula is C18H16F3N3S. The first-order chi connectivity index (χ1) is 11.9. The van der Waals surface area contributed by atoms with Gasteiger partial charge in [0.15, 0.2) is 6.17 Å². The molecule has 1 aliphatic heterocycles. The van der Waals surface area contributed by atoms with Crippen LogP contribution in [-0.4, -0.2) is 12.6 Å². The maximum Gasteiger partial charge on any atom is 0.273 e. The van der Waals surface area contributed by atoms with Crippen molar-refractivity contribution in [2.75, 3.05) is 0 Å². The minimum absolute atomic E-state index is 0.0725. The third-order valence-corrected chi connectivity index (χ3v) is 5.60. The summed E-state index contributed by atoms with van der Waals surface area (Å²) in [5, 5.41) is 14.6. The number of nitrogens with zero attached hydrogens (tertiary/aromatic N) is 1. The van der Waals surface area contributed by atoms with Crippen molar-refractivity contribution >= 4 is 21.4 Å². The van der Waals surface area contributed by atoms with Crippen LogP contribution in [0.2, 0.25) is 0 Å². The van der Waals surface area contributed by atoms with Gasteiger partial charge in [-0.1, -0.05) is 12.1 Å². The van der Waals surface area contributed by atoms with Crippen molar-refractivity contribution in [3.05, 3.63) is 57.4 Å². The minimum atomic E-state index is -3.16. The van der Waals surface area contributed by atoms with Crippen LogP contribution in [0, 0.1) is 11.3 Å². The SMILES string of the molecule is CC1=C(C)C(c2csc3c(C#N)cccc23)C(C(F)C(F)F)=C(N)N1. The van der Waals surface area contributed by atoms with E-state index in [4.69, 9.17) is 5.73 Å². The van der Waals surface area contributed by atoms with Gasteiger partial charge in [-0.25, -0.2) is 13.2 Å². The molecule has 3 N–H and O–H groups in total. The number of allylic oxidation sites excluding steroid dienone is 3. The Morgan fingerprint density at radius 2 is 2.00 bits per heavy atom. The number of hydrogen-bond acceptors (Lipinski definition) is 4. The first-order valence-corrected chi connectivity index (χ1v) is 8.51. The largest absolute Gasteiger partial charge is 0.385 e. The van der Waals surface area contributed by atoms with Crippen molar-refractivity contribution in [1.82, 2.24) is 5.32 Å². The predicted octanol–water partition coefficient (Wildman–Crippen LogP) is 4.53. The molecule has 0 saturated carbocycles. The van der Waals surface area contributed by atoms with Gasteiger partial charge < -0.3 is 11.1 Å². The molecule has 0 spiro atoms. The first kappa shape index (κ1) is 17.4. The van der Waals surface area contributed by atoms with Gasteiger partial charge in [-0.2, -0.15) is 5.26 Å². The van der Waals surface area contributed by atoms with Crippen LogP contribution in [0.3, 0.4) is 0 Å². The van der Waals surface area contributed by atoms with Gasteiger partial charge in [0.05, 0.1) is 10.3 Å². The monoisotopic (exact) mass is 363 g/mol. The smallest absolute Gasteiger partial charge is 0.273 e. The molecule has 3 nitrogen and oxygen atoms in total. The molecule has 1 aromatic carbocycles. The van der Waals surface area contributed by atoms with Gasteiger partial charge in [0, 0.05) is 17.2 Å². The Morgan fingerprint density at radius 3 is 2.64 bits per heavy atom. The van der Waals surface area contributed by atoms with E-state index in [0.717, 1.165) is 15.7 Å². The van der Waals surface area contributed by atoms with Crippen molar-refractivity contribution in [2.24, 2.45) is 5.73 Å². The van der Waals surface area contributed by atoms with Crippen LogP contribution in [0.4, 0.5) is 13.2 Å². The van der Waals surface area contributed by atoms with Crippen LogP contribution >= 0.6 is 11.3 Å². The number of hydrogen-bond donors (Lipinski definition) is 2. The molecule has 2 atom stereocenters. The number of nitriles is 1. The summed E-state index contributed by atoms with van der Waals surface area (Å²) in [5.41, 5.74) is 8.37. The van der Waals surface area contributed by atoms with Crippen molar-refractivity contribution in [1.29, 1.82) is 5.26 Å². The molecular weight excluding hydrogens is 347 g/mol. The normalized spacial score (nSPS) is 19.3. The van der Waals surface area contributed by atoms with Crippen LogP contribution in [-0.2, 0) is 0 Å². The van der Waals surface area contributed by atoms with E-state index in [9.17, 15) is 18.4 Å². The molecule has 0 saturated heterocycles. The second-order valence-corrected chi connectivity index (χ2v) is 6.84. The van der Waals surface area contributed by atoms with Gasteiger partial charge in [-0.3, -0.25) is 0 Å². The molecule has 0 amide bonds. The van der Waals surface area contributed by atoms with Gasteiger partial charge in [-0.05, 0) is 41.8 Å². The lowest BCUT2D eigenvalue weighted by Gasteiger charge is -2.32. The van der Waals surface area contributed by atoms with Crippen LogP contribution in [0.1, 0.15) is 30.9 Å². The molecule has 0 radical (unpaired) electrons. The van der Waals surface area contributed by atoms with Gasteiger partial charge in [0.25, 0.3) is 6.43 Å². The Morgan fingerprint density at radius 1 is 1.28 bits per heavy atom.